The maximum Gasteiger partial charge on any atom is 0.406 e. The number of amides is 1. The van der Waals surface area contributed by atoms with Crippen LogP contribution in [0.5, 0.6) is 0 Å². The van der Waals surface area contributed by atoms with E-state index >= 15 is 0 Å². The molecule has 4 aromatic rings. The third-order valence-corrected chi connectivity index (χ3v) is 4.89. The molecule has 0 N–H and O–H groups in total. The van der Waals surface area contributed by atoms with Gasteiger partial charge in [-0.15, -0.1) is 0 Å². The smallest absolute Gasteiger partial charge is 0.334 e. The highest BCUT2D eigenvalue weighted by Crippen LogP contribution is 2.25. The molecule has 0 fully saturated rings. The van der Waals surface area contributed by atoms with Gasteiger partial charge in [-0.05, 0) is 12.1 Å². The number of halogens is 3. The predicted octanol–water partition coefficient (Wildman–Crippen LogP) is 4.57. The number of rotatable bonds is 6. The van der Waals surface area contributed by atoms with Crippen LogP contribution in [-0.4, -0.2) is 43.4 Å². The molecule has 32 heavy (non-hydrogen) atoms. The van der Waals surface area contributed by atoms with Crippen molar-refractivity contribution in [2.24, 2.45) is 0 Å². The van der Waals surface area contributed by atoms with Gasteiger partial charge in [0, 0.05) is 31.2 Å². The monoisotopic (exact) mass is 439 g/mol. The zero-order chi connectivity index (χ0) is 22.7. The van der Waals surface area contributed by atoms with E-state index in [1.807, 2.05) is 60.7 Å². The first-order chi connectivity index (χ1) is 15.3. The maximum atomic E-state index is 13.3. The molecule has 0 radical (unpaired) electrons. The number of aromatic nitrogens is 4. The summed E-state index contributed by atoms with van der Waals surface area (Å²) in [6, 6.07) is 18.6. The molecule has 4 rings (SSSR count). The van der Waals surface area contributed by atoms with Gasteiger partial charge in [-0.1, -0.05) is 48.5 Å². The third-order valence-electron chi connectivity index (χ3n) is 4.89. The minimum Gasteiger partial charge on any atom is -0.334 e. The fraction of sp³-hybridized carbons (Fsp3) is 0.174. The van der Waals surface area contributed by atoms with Gasteiger partial charge in [-0.3, -0.25) is 4.79 Å². The molecule has 0 aliphatic rings. The normalized spacial score (nSPS) is 11.5. The van der Waals surface area contributed by atoms with Crippen LogP contribution < -0.4 is 0 Å². The van der Waals surface area contributed by atoms with Gasteiger partial charge in [0.1, 0.15) is 18.1 Å². The molecule has 0 atom stereocenters. The van der Waals surface area contributed by atoms with Gasteiger partial charge in [-0.2, -0.15) is 18.3 Å². The Balaban J connectivity index is 1.66. The van der Waals surface area contributed by atoms with E-state index in [9.17, 15) is 18.0 Å². The van der Waals surface area contributed by atoms with Crippen LogP contribution in [0.25, 0.3) is 16.9 Å². The molecule has 1 amide bonds. The van der Waals surface area contributed by atoms with Crippen LogP contribution >= 0.6 is 0 Å². The lowest BCUT2D eigenvalue weighted by molar-refractivity contribution is -0.141. The molecule has 6 nitrogen and oxygen atoms in total. The lowest BCUT2D eigenvalue weighted by Gasteiger charge is -2.18. The standard InChI is InChI=1S/C23H20F3N5O/c1-29(15-20-27-12-13-30(20)16-23(24,25)26)22(32)19-14-31(18-10-6-3-7-11-18)28-21(19)17-8-4-2-5-9-17/h2-14H,15-16H2,1H3. The molecule has 0 saturated heterocycles. The number of alkyl halides is 3. The number of para-hydroxylation sites is 1. The Kier molecular flexibility index (Phi) is 5.81. The Morgan fingerprint density at radius 1 is 1.03 bits per heavy atom. The third kappa shape index (κ3) is 4.72. The molecule has 0 aliphatic heterocycles. The number of carbonyl (C=O) groups excluding carboxylic acids is 1. The highest BCUT2D eigenvalue weighted by atomic mass is 19.4. The fourth-order valence-corrected chi connectivity index (χ4v) is 3.37. The summed E-state index contributed by atoms with van der Waals surface area (Å²) in [5.41, 5.74) is 2.38. The quantitative estimate of drug-likeness (QED) is 0.442. The van der Waals surface area contributed by atoms with E-state index in [1.54, 1.807) is 10.9 Å². The molecule has 0 saturated carbocycles. The Labute approximate surface area is 182 Å². The zero-order valence-electron chi connectivity index (χ0n) is 17.2. The van der Waals surface area contributed by atoms with E-state index in [-0.39, 0.29) is 18.3 Å². The average Bonchev–Trinajstić information content (AvgIpc) is 3.40. The molecule has 0 bridgehead atoms. The second-order valence-corrected chi connectivity index (χ2v) is 7.29. The summed E-state index contributed by atoms with van der Waals surface area (Å²) >= 11 is 0. The summed E-state index contributed by atoms with van der Waals surface area (Å²) in [4.78, 5) is 18.7. The second kappa shape index (κ2) is 8.70. The molecule has 0 unspecified atom stereocenters. The Morgan fingerprint density at radius 3 is 2.34 bits per heavy atom. The van der Waals surface area contributed by atoms with Crippen molar-refractivity contribution in [2.45, 2.75) is 19.3 Å². The van der Waals surface area contributed by atoms with Crippen molar-refractivity contribution in [3.05, 3.63) is 90.6 Å². The highest BCUT2D eigenvalue weighted by Gasteiger charge is 2.29. The van der Waals surface area contributed by atoms with Gasteiger partial charge >= 0.3 is 6.18 Å². The first kappa shape index (κ1) is 21.4. The number of benzene rings is 2. The van der Waals surface area contributed by atoms with E-state index < -0.39 is 12.7 Å². The largest absolute Gasteiger partial charge is 0.406 e. The van der Waals surface area contributed by atoms with Crippen LogP contribution in [0.4, 0.5) is 13.2 Å². The molecule has 2 aromatic heterocycles. The van der Waals surface area contributed by atoms with E-state index in [0.29, 0.717) is 11.3 Å². The molecule has 0 spiro atoms. The minimum atomic E-state index is -4.38. The summed E-state index contributed by atoms with van der Waals surface area (Å²) in [6.45, 7) is -1.24. The first-order valence-electron chi connectivity index (χ1n) is 9.84. The van der Waals surface area contributed by atoms with Gasteiger partial charge in [-0.25, -0.2) is 9.67 Å². The molecule has 164 valence electrons. The summed E-state index contributed by atoms with van der Waals surface area (Å²) < 4.78 is 41.1. The molecular formula is C23H20F3N5O. The van der Waals surface area contributed by atoms with E-state index in [2.05, 4.69) is 10.1 Å². The number of imidazole rings is 1. The number of nitrogens with zero attached hydrogens (tertiary/aromatic N) is 5. The van der Waals surface area contributed by atoms with Crippen molar-refractivity contribution in [3.63, 3.8) is 0 Å². The van der Waals surface area contributed by atoms with Crippen LogP contribution in [0.3, 0.4) is 0 Å². The summed E-state index contributed by atoms with van der Waals surface area (Å²) in [5, 5.41) is 4.62. The SMILES string of the molecule is CN(Cc1nccn1CC(F)(F)F)C(=O)c1cn(-c2ccccc2)nc1-c1ccccc1. The maximum absolute atomic E-state index is 13.3. The zero-order valence-corrected chi connectivity index (χ0v) is 17.2. The molecule has 9 heteroatoms. The van der Waals surface area contributed by atoms with Crippen molar-refractivity contribution in [1.29, 1.82) is 0 Å². The molecule has 0 aliphatic carbocycles. The topological polar surface area (TPSA) is 56.0 Å². The Morgan fingerprint density at radius 2 is 1.69 bits per heavy atom. The van der Waals surface area contributed by atoms with Crippen molar-refractivity contribution >= 4 is 5.91 Å². The van der Waals surface area contributed by atoms with Gasteiger partial charge in [0.05, 0.1) is 17.8 Å². The van der Waals surface area contributed by atoms with E-state index in [4.69, 9.17) is 0 Å². The van der Waals surface area contributed by atoms with Crippen LogP contribution in [0.1, 0.15) is 16.2 Å². The average molecular weight is 439 g/mol. The lowest BCUT2D eigenvalue weighted by atomic mass is 10.1. The van der Waals surface area contributed by atoms with Gasteiger partial charge in [0.2, 0.25) is 0 Å². The highest BCUT2D eigenvalue weighted by molar-refractivity contribution is 5.99. The van der Waals surface area contributed by atoms with Crippen LogP contribution in [0, 0.1) is 0 Å². The van der Waals surface area contributed by atoms with Crippen LogP contribution in [-0.2, 0) is 13.1 Å². The summed E-state index contributed by atoms with van der Waals surface area (Å²) in [5.74, 6) is -0.220. The van der Waals surface area contributed by atoms with Crippen LogP contribution in [0.15, 0.2) is 79.3 Å². The minimum absolute atomic E-state index is 0.0767. The second-order valence-electron chi connectivity index (χ2n) is 7.29. The predicted molar refractivity (Wildman–Crippen MR) is 113 cm³/mol. The fourth-order valence-electron chi connectivity index (χ4n) is 3.37. The van der Waals surface area contributed by atoms with Crippen molar-refractivity contribution in [2.75, 3.05) is 7.05 Å². The van der Waals surface area contributed by atoms with Gasteiger partial charge < -0.3 is 9.47 Å². The Hall–Kier alpha value is -3.88. The van der Waals surface area contributed by atoms with E-state index in [1.165, 1.54) is 24.3 Å². The van der Waals surface area contributed by atoms with Crippen molar-refractivity contribution < 1.29 is 18.0 Å². The number of hydrogen-bond donors (Lipinski definition) is 0. The van der Waals surface area contributed by atoms with E-state index in [0.717, 1.165) is 15.8 Å². The lowest BCUT2D eigenvalue weighted by Crippen LogP contribution is -2.29. The van der Waals surface area contributed by atoms with Gasteiger partial charge in [0.25, 0.3) is 5.91 Å². The van der Waals surface area contributed by atoms with Gasteiger partial charge in [0.15, 0.2) is 0 Å². The van der Waals surface area contributed by atoms with Crippen molar-refractivity contribution in [1.82, 2.24) is 24.2 Å². The molecule has 2 heterocycles. The number of carbonyl (C=O) groups is 1. The first-order valence-corrected chi connectivity index (χ1v) is 9.84. The Bertz CT molecular complexity index is 1200. The van der Waals surface area contributed by atoms with Crippen molar-refractivity contribution in [3.8, 4) is 16.9 Å². The van der Waals surface area contributed by atoms with Crippen LogP contribution in [0.2, 0.25) is 0 Å². The molecule has 2 aromatic carbocycles. The summed E-state index contributed by atoms with van der Waals surface area (Å²) in [6.07, 6.45) is -0.194. The summed E-state index contributed by atoms with van der Waals surface area (Å²) in [7, 11) is 1.53. The number of hydrogen-bond acceptors (Lipinski definition) is 3. The molecular weight excluding hydrogens is 419 g/mol.